The van der Waals surface area contributed by atoms with Gasteiger partial charge in [0.1, 0.15) is 103 Å². The number of hydrogen-bond donors (Lipinski definition) is 0. The molecule has 0 N–H and O–H groups in total. The number of carbonyl (C=O) groups is 4. The summed E-state index contributed by atoms with van der Waals surface area (Å²) in [5.74, 6) is 5.06. The number of carbonyl (C=O) groups excluding carboxylic acids is 4. The molecule has 13 rings (SSSR count). The van der Waals surface area contributed by atoms with Gasteiger partial charge in [-0.2, -0.15) is 0 Å². The quantitative estimate of drug-likeness (QED) is 0.0206. The van der Waals surface area contributed by atoms with E-state index in [1.54, 1.807) is 0 Å². The van der Waals surface area contributed by atoms with Gasteiger partial charge in [-0.15, -0.1) is 0 Å². The highest BCUT2D eigenvalue weighted by atomic mass is 16.6. The van der Waals surface area contributed by atoms with E-state index in [-0.39, 0.29) is 57.1 Å². The maximum atomic E-state index is 12.7. The highest BCUT2D eigenvalue weighted by Crippen LogP contribution is 2.57. The summed E-state index contributed by atoms with van der Waals surface area (Å²) in [5.41, 5.74) is 26.6. The third kappa shape index (κ3) is 23.1. The van der Waals surface area contributed by atoms with Gasteiger partial charge in [0, 0.05) is 78.5 Å². The Labute approximate surface area is 760 Å². The van der Waals surface area contributed by atoms with Gasteiger partial charge in [0.25, 0.3) is 0 Å². The highest BCUT2D eigenvalue weighted by molar-refractivity contribution is 5.83. The van der Waals surface area contributed by atoms with Crippen LogP contribution in [0.1, 0.15) is 137 Å². The first-order valence-corrected chi connectivity index (χ1v) is 43.4. The monoisotopic (exact) mass is 1740 g/mol. The molecule has 0 aromatic heterocycles. The van der Waals surface area contributed by atoms with Gasteiger partial charge in [0.2, 0.25) is 0 Å². The molecule has 4 atom stereocenters. The average molecular weight is 1740 g/mol. The molecule has 0 bridgehead atoms. The maximum Gasteiger partial charge on any atom is 0.330 e. The molecule has 2 heterocycles. The van der Waals surface area contributed by atoms with Gasteiger partial charge in [-0.3, -0.25) is 0 Å². The van der Waals surface area contributed by atoms with Crippen LogP contribution in [0.2, 0.25) is 0 Å². The number of rotatable bonds is 35. The minimum atomic E-state index is -0.769. The van der Waals surface area contributed by atoms with Crippen LogP contribution in [0, 0.1) is 96.9 Å². The van der Waals surface area contributed by atoms with E-state index >= 15 is 0 Å². The van der Waals surface area contributed by atoms with Crippen LogP contribution in [-0.4, -0.2) is 115 Å². The minimum absolute atomic E-state index is 0.0150. The van der Waals surface area contributed by atoms with Crippen molar-refractivity contribution in [2.24, 2.45) is 0 Å². The van der Waals surface area contributed by atoms with Gasteiger partial charge < -0.3 is 66.3 Å². The van der Waals surface area contributed by atoms with Crippen molar-refractivity contribution in [3.05, 3.63) is 356 Å². The van der Waals surface area contributed by atoms with Gasteiger partial charge in [-0.1, -0.05) is 197 Å². The minimum Gasteiger partial charge on any atom is -0.490 e. The van der Waals surface area contributed by atoms with Gasteiger partial charge in [0.05, 0.1) is 13.2 Å². The number of benzene rings is 11. The summed E-state index contributed by atoms with van der Waals surface area (Å²) in [6.07, 6.45) is 2.80. The van der Waals surface area contributed by atoms with E-state index in [0.29, 0.717) is 42.0 Å². The molecule has 0 amide bonds. The van der Waals surface area contributed by atoms with Crippen LogP contribution in [0.25, 0.3) is 22.3 Å². The molecular weight excluding hydrogens is 1620 g/mol. The predicted molar refractivity (Wildman–Crippen MR) is 508 cm³/mol. The second-order valence-corrected chi connectivity index (χ2v) is 33.1. The van der Waals surface area contributed by atoms with Gasteiger partial charge in [-0.05, 0) is 245 Å². The van der Waals surface area contributed by atoms with Crippen molar-refractivity contribution in [1.82, 2.24) is 0 Å². The number of ether oxygens (including phenoxy) is 14. The second-order valence-electron chi connectivity index (χ2n) is 33.1. The number of esters is 4. The Morgan fingerprint density at radius 2 is 0.612 bits per heavy atom. The van der Waals surface area contributed by atoms with Crippen LogP contribution < -0.4 is 37.9 Å². The van der Waals surface area contributed by atoms with Crippen molar-refractivity contribution >= 4 is 23.9 Å². The molecule has 2 aliphatic rings. The molecule has 129 heavy (non-hydrogen) atoms. The van der Waals surface area contributed by atoms with E-state index in [2.05, 4.69) is 161 Å². The number of fused-ring (bicyclic) bond motifs is 4. The number of aryl methyl sites for hydroxylation is 1. The largest absolute Gasteiger partial charge is 0.490 e. The molecule has 0 radical (unpaired) electrons. The molecule has 11 aromatic carbocycles. The van der Waals surface area contributed by atoms with Crippen molar-refractivity contribution < 1.29 is 85.5 Å². The Bertz CT molecular complexity index is 5810. The molecule has 0 aliphatic carbocycles. The van der Waals surface area contributed by atoms with Crippen LogP contribution in [0.4, 0.5) is 0 Å². The van der Waals surface area contributed by atoms with E-state index in [1.807, 2.05) is 164 Å². The lowest BCUT2D eigenvalue weighted by atomic mass is 9.76. The molecule has 11 aromatic rings. The molecule has 0 saturated carbocycles. The molecule has 0 fully saturated rings. The molecule has 0 spiro atoms. The first kappa shape index (κ1) is 96.2. The van der Waals surface area contributed by atoms with Crippen molar-refractivity contribution in [1.29, 1.82) is 0 Å². The first-order valence-electron chi connectivity index (χ1n) is 43.4. The Hall–Kier alpha value is -13.4. The van der Waals surface area contributed by atoms with Gasteiger partial charge in [-0.25, -0.2) is 19.2 Å². The molecule has 2 aliphatic heterocycles. The molecule has 18 nitrogen and oxygen atoms in total. The normalized spacial score (nSPS) is 12.8. The second kappa shape index (κ2) is 44.3. The van der Waals surface area contributed by atoms with Crippen LogP contribution in [0.5, 0.6) is 57.5 Å². The lowest BCUT2D eigenvalue weighted by Gasteiger charge is -2.36. The summed E-state index contributed by atoms with van der Waals surface area (Å²) < 4.78 is 83.9. The standard InChI is InChI=1S/C65H66O9.C38H40O5.C8H14O4/c1-12-56(66)72-54(36-68-52-32-26-48(27-33-52)47-20-16-14-17-21-47)38-70-61-41(4)43(6)63-58(45(61)8)60(49-22-18-15-19-23-49)59-46(9)62(42(5)44(7)64(59)74-63)71-39-55(73-57(67)13-2)37-69-53-34-30-51(31-35-53)65(10,11)50-28-24-40(3)25-29-50;1-9-35(39)42-32(20-40-31-17-15-30(16-18-31)29-13-11-10-12-14-29)21-41-36-26(6)27(7)38-34(28(36)8)19-33-24(4)22(2)23(3)25(5)37(33)43-38;1-4-8(9)12-7(5-10-2)6-11-3/h12-35,54-55,60H,1-2,36-39H2,3-11H3;9-18,32H,1,19-21H2,2-8H3;4,7H,1,5-6H2,2-3H3. The average Bonchev–Trinajstić information content (AvgIpc) is 0.753. The summed E-state index contributed by atoms with van der Waals surface area (Å²) in [6, 6.07) is 62.9. The zero-order valence-corrected chi connectivity index (χ0v) is 77.6. The predicted octanol–water partition coefficient (Wildman–Crippen LogP) is 23.4. The van der Waals surface area contributed by atoms with Crippen molar-refractivity contribution in [3.8, 4) is 79.7 Å². The topological polar surface area (TPSA) is 197 Å². The zero-order chi connectivity index (χ0) is 92.9. The van der Waals surface area contributed by atoms with Crippen molar-refractivity contribution in [2.75, 3.05) is 67.1 Å². The van der Waals surface area contributed by atoms with Crippen LogP contribution in [-0.2, 0) is 59.4 Å². The summed E-state index contributed by atoms with van der Waals surface area (Å²) in [5, 5.41) is 0. The fourth-order valence-electron chi connectivity index (χ4n) is 16.2. The van der Waals surface area contributed by atoms with Crippen molar-refractivity contribution in [3.63, 3.8) is 0 Å². The fourth-order valence-corrected chi connectivity index (χ4v) is 16.2. The van der Waals surface area contributed by atoms with E-state index in [4.69, 9.17) is 66.3 Å². The molecule has 672 valence electrons. The Balaban J connectivity index is 0.000000245. The number of hydrogen-bond acceptors (Lipinski definition) is 18. The van der Waals surface area contributed by atoms with Gasteiger partial charge in [0.15, 0.2) is 18.3 Å². The number of methoxy groups -OCH3 is 2. The lowest BCUT2D eigenvalue weighted by Crippen LogP contribution is -2.31. The molecule has 18 heteroatoms. The third-order valence-corrected chi connectivity index (χ3v) is 24.3. The molecule has 0 saturated heterocycles. The fraction of sp³-hybridized carbons (Fsp3) is 0.297. The first-order chi connectivity index (χ1) is 61.9. The van der Waals surface area contributed by atoms with Crippen LogP contribution >= 0.6 is 0 Å². The molecule has 4 unspecified atom stereocenters. The van der Waals surface area contributed by atoms with E-state index in [1.165, 1.54) is 53.2 Å². The van der Waals surface area contributed by atoms with E-state index in [9.17, 15) is 19.2 Å². The molecular formula is C111H120O18. The smallest absolute Gasteiger partial charge is 0.330 e. The third-order valence-electron chi connectivity index (χ3n) is 24.3. The summed E-state index contributed by atoms with van der Waals surface area (Å²) in [6.45, 7) is 48.7. The summed E-state index contributed by atoms with van der Waals surface area (Å²) >= 11 is 0. The van der Waals surface area contributed by atoms with E-state index < -0.39 is 42.2 Å². The van der Waals surface area contributed by atoms with Crippen LogP contribution in [0.3, 0.4) is 0 Å². The SMILES string of the molecule is C=CC(=O)OC(COC)COC.C=CC(=O)OC(COc1ccc(-c2ccccc2)cc1)COc1c(C)c(C)c2c(c1C)C(c1ccccc1)c1c(C)c(OCC(COc3ccc(C(C)(C)c4ccc(C)cc4)cc3)OC(=O)C=C)c(C)c(C)c1O2.C=CC(=O)OC(COc1ccc(-c2ccccc2)cc1)COc1c(C)c(C)c2c(c1C)Cc1c(C)c(C)c(C)c(C)c1O2. The van der Waals surface area contributed by atoms with Crippen molar-refractivity contribution in [2.45, 2.75) is 153 Å². The van der Waals surface area contributed by atoms with Crippen LogP contribution in [0.15, 0.2) is 239 Å². The zero-order valence-electron chi connectivity index (χ0n) is 77.6. The Morgan fingerprint density at radius 1 is 0.326 bits per heavy atom. The maximum absolute atomic E-state index is 12.7. The highest BCUT2D eigenvalue weighted by Gasteiger charge is 2.39. The summed E-state index contributed by atoms with van der Waals surface area (Å²) in [4.78, 5) is 48.3. The Kier molecular flexibility index (Phi) is 33.1. The lowest BCUT2D eigenvalue weighted by molar-refractivity contribution is -0.149. The van der Waals surface area contributed by atoms with Gasteiger partial charge >= 0.3 is 23.9 Å². The Morgan fingerprint density at radius 3 is 0.977 bits per heavy atom. The van der Waals surface area contributed by atoms with E-state index in [0.717, 1.165) is 160 Å². The summed E-state index contributed by atoms with van der Waals surface area (Å²) in [7, 11) is 3.06.